The Morgan fingerprint density at radius 3 is 2.44 bits per heavy atom. The van der Waals surface area contributed by atoms with Gasteiger partial charge in [0.1, 0.15) is 5.82 Å². The third-order valence-electron chi connectivity index (χ3n) is 6.61. The largest absolute Gasteiger partial charge is 0.354 e. The molecule has 3 aromatic rings. The van der Waals surface area contributed by atoms with E-state index < -0.39 is 0 Å². The second-order valence-corrected chi connectivity index (χ2v) is 9.45. The molecule has 0 radical (unpaired) electrons. The number of carbonyl (C=O) groups is 1. The number of hydrogen-bond acceptors (Lipinski definition) is 4. The predicted molar refractivity (Wildman–Crippen MR) is 130 cm³/mol. The first-order chi connectivity index (χ1) is 15.6. The summed E-state index contributed by atoms with van der Waals surface area (Å²) in [5.74, 6) is 1.50. The number of pyridine rings is 1. The molecule has 1 aliphatic heterocycles. The molecule has 2 aromatic carbocycles. The number of aromatic nitrogens is 1. The van der Waals surface area contributed by atoms with Crippen molar-refractivity contribution in [2.75, 3.05) is 31.1 Å². The Morgan fingerprint density at radius 2 is 1.75 bits per heavy atom. The van der Waals surface area contributed by atoms with Crippen LogP contribution in [0.25, 0.3) is 10.9 Å². The van der Waals surface area contributed by atoms with E-state index in [1.165, 1.54) is 11.1 Å². The molecular weight excluding hydrogens is 396 g/mol. The lowest BCUT2D eigenvalue weighted by atomic mass is 10.0. The second kappa shape index (κ2) is 8.91. The maximum Gasteiger partial charge on any atom is 0.252 e. The van der Waals surface area contributed by atoms with E-state index in [0.29, 0.717) is 12.0 Å². The van der Waals surface area contributed by atoms with Crippen molar-refractivity contribution in [1.29, 1.82) is 0 Å². The summed E-state index contributed by atoms with van der Waals surface area (Å²) in [6, 6.07) is 19.3. The van der Waals surface area contributed by atoms with Gasteiger partial charge in [-0.2, -0.15) is 0 Å². The van der Waals surface area contributed by atoms with Crippen LogP contribution in [0.3, 0.4) is 0 Å². The van der Waals surface area contributed by atoms with Crippen LogP contribution in [0.15, 0.2) is 54.6 Å². The standard InChI is InChI=1S/C27H32N4O/c1-19(2)21-9-7-20(8-10-21)18-30-13-15-31(16-14-30)26-17-24(27(32)28-22-11-12-22)23-5-3-4-6-25(23)29-26/h3-10,17,19,22H,11-16,18H2,1-2H3,(H,28,32). The lowest BCUT2D eigenvalue weighted by Crippen LogP contribution is -2.46. The zero-order valence-electron chi connectivity index (χ0n) is 19.1. The molecule has 1 N–H and O–H groups in total. The lowest BCUT2D eigenvalue weighted by molar-refractivity contribution is 0.0952. The molecule has 1 aliphatic carbocycles. The summed E-state index contributed by atoms with van der Waals surface area (Å²) in [6.45, 7) is 9.25. The molecule has 2 heterocycles. The third kappa shape index (κ3) is 4.63. The van der Waals surface area contributed by atoms with E-state index in [4.69, 9.17) is 4.98 Å². The highest BCUT2D eigenvalue weighted by molar-refractivity contribution is 6.07. The van der Waals surface area contributed by atoms with Gasteiger partial charge >= 0.3 is 0 Å². The van der Waals surface area contributed by atoms with Gasteiger partial charge in [0.2, 0.25) is 0 Å². The van der Waals surface area contributed by atoms with Crippen molar-refractivity contribution >= 4 is 22.6 Å². The van der Waals surface area contributed by atoms with Crippen molar-refractivity contribution in [3.63, 3.8) is 0 Å². The molecule has 1 saturated heterocycles. The first kappa shape index (κ1) is 21.0. The maximum atomic E-state index is 12.9. The molecule has 2 fully saturated rings. The topological polar surface area (TPSA) is 48.5 Å². The summed E-state index contributed by atoms with van der Waals surface area (Å²) in [5, 5.41) is 4.07. The molecule has 1 aromatic heterocycles. The summed E-state index contributed by atoms with van der Waals surface area (Å²) in [6.07, 6.45) is 2.17. The van der Waals surface area contributed by atoms with E-state index in [9.17, 15) is 4.79 Å². The first-order valence-electron chi connectivity index (χ1n) is 11.8. The monoisotopic (exact) mass is 428 g/mol. The molecular formula is C27H32N4O. The Labute approximate surface area is 190 Å². The molecule has 32 heavy (non-hydrogen) atoms. The number of anilines is 1. The molecule has 5 rings (SSSR count). The van der Waals surface area contributed by atoms with Crippen molar-refractivity contribution in [1.82, 2.24) is 15.2 Å². The molecule has 5 heteroatoms. The van der Waals surface area contributed by atoms with Gasteiger partial charge in [0.05, 0.1) is 11.1 Å². The Morgan fingerprint density at radius 1 is 1.03 bits per heavy atom. The van der Waals surface area contributed by atoms with Crippen LogP contribution in [-0.2, 0) is 6.54 Å². The number of fused-ring (bicyclic) bond motifs is 1. The summed E-state index contributed by atoms with van der Waals surface area (Å²) < 4.78 is 0. The van der Waals surface area contributed by atoms with Crippen LogP contribution in [0.1, 0.15) is 54.1 Å². The average Bonchev–Trinajstić information content (AvgIpc) is 3.63. The van der Waals surface area contributed by atoms with Crippen molar-refractivity contribution < 1.29 is 4.79 Å². The van der Waals surface area contributed by atoms with Gasteiger partial charge in [-0.05, 0) is 42.0 Å². The molecule has 1 amide bonds. The molecule has 0 spiro atoms. The number of nitrogens with one attached hydrogen (secondary N) is 1. The number of benzene rings is 2. The van der Waals surface area contributed by atoms with Crippen LogP contribution in [-0.4, -0.2) is 48.0 Å². The third-order valence-corrected chi connectivity index (χ3v) is 6.61. The Bertz CT molecular complexity index is 1100. The molecule has 0 bridgehead atoms. The number of piperazine rings is 1. The maximum absolute atomic E-state index is 12.9. The van der Waals surface area contributed by atoms with Crippen molar-refractivity contribution in [2.24, 2.45) is 0 Å². The SMILES string of the molecule is CC(C)c1ccc(CN2CCN(c3cc(C(=O)NC4CC4)c4ccccc4n3)CC2)cc1. The highest BCUT2D eigenvalue weighted by atomic mass is 16.1. The van der Waals surface area contributed by atoms with Gasteiger partial charge < -0.3 is 10.2 Å². The van der Waals surface area contributed by atoms with Crippen molar-refractivity contribution in [3.8, 4) is 0 Å². The number of amides is 1. The number of carbonyl (C=O) groups excluding carboxylic acids is 1. The smallest absolute Gasteiger partial charge is 0.252 e. The molecule has 1 saturated carbocycles. The summed E-state index contributed by atoms with van der Waals surface area (Å²) in [4.78, 5) is 22.6. The summed E-state index contributed by atoms with van der Waals surface area (Å²) in [7, 11) is 0. The Balaban J connectivity index is 1.28. The van der Waals surface area contributed by atoms with Crippen LogP contribution in [0.2, 0.25) is 0 Å². The quantitative estimate of drug-likeness (QED) is 0.625. The fourth-order valence-electron chi connectivity index (χ4n) is 4.40. The molecule has 0 atom stereocenters. The van der Waals surface area contributed by atoms with Crippen molar-refractivity contribution in [3.05, 3.63) is 71.3 Å². The lowest BCUT2D eigenvalue weighted by Gasteiger charge is -2.35. The van der Waals surface area contributed by atoms with Gasteiger partial charge in [0.15, 0.2) is 0 Å². The first-order valence-corrected chi connectivity index (χ1v) is 11.8. The molecule has 0 unspecified atom stereocenters. The average molecular weight is 429 g/mol. The summed E-state index contributed by atoms with van der Waals surface area (Å²) in [5.41, 5.74) is 4.39. The van der Waals surface area contributed by atoms with E-state index in [2.05, 4.69) is 53.2 Å². The van der Waals surface area contributed by atoms with E-state index >= 15 is 0 Å². The van der Waals surface area contributed by atoms with Gasteiger partial charge in [-0.1, -0.05) is 56.3 Å². The van der Waals surface area contributed by atoms with Gasteiger partial charge in [-0.15, -0.1) is 0 Å². The van der Waals surface area contributed by atoms with Gasteiger partial charge in [0.25, 0.3) is 5.91 Å². The Kier molecular flexibility index (Phi) is 5.83. The fraction of sp³-hybridized carbons (Fsp3) is 0.407. The van der Waals surface area contributed by atoms with Gasteiger partial charge in [0, 0.05) is 44.2 Å². The zero-order valence-corrected chi connectivity index (χ0v) is 19.1. The zero-order chi connectivity index (χ0) is 22.1. The number of para-hydroxylation sites is 1. The number of nitrogens with zero attached hydrogens (tertiary/aromatic N) is 3. The predicted octanol–water partition coefficient (Wildman–Crippen LogP) is 4.57. The van der Waals surface area contributed by atoms with Crippen molar-refractivity contribution in [2.45, 2.75) is 45.2 Å². The molecule has 2 aliphatic rings. The van der Waals surface area contributed by atoms with E-state index in [1.54, 1.807) is 0 Å². The normalized spacial score (nSPS) is 17.2. The number of hydrogen-bond donors (Lipinski definition) is 1. The van der Waals surface area contributed by atoms with Crippen LogP contribution < -0.4 is 10.2 Å². The van der Waals surface area contributed by atoms with E-state index in [0.717, 1.165) is 67.8 Å². The van der Waals surface area contributed by atoms with Crippen LogP contribution in [0, 0.1) is 0 Å². The second-order valence-electron chi connectivity index (χ2n) is 9.45. The molecule has 5 nitrogen and oxygen atoms in total. The van der Waals surface area contributed by atoms with E-state index in [1.807, 2.05) is 30.3 Å². The minimum absolute atomic E-state index is 0.0239. The van der Waals surface area contributed by atoms with Gasteiger partial charge in [-0.25, -0.2) is 4.98 Å². The molecule has 166 valence electrons. The van der Waals surface area contributed by atoms with Crippen LogP contribution in [0.4, 0.5) is 5.82 Å². The Hall–Kier alpha value is -2.92. The highest BCUT2D eigenvalue weighted by Crippen LogP contribution is 2.26. The summed E-state index contributed by atoms with van der Waals surface area (Å²) >= 11 is 0. The fourth-order valence-corrected chi connectivity index (χ4v) is 4.40. The van der Waals surface area contributed by atoms with E-state index in [-0.39, 0.29) is 5.91 Å². The highest BCUT2D eigenvalue weighted by Gasteiger charge is 2.26. The van der Waals surface area contributed by atoms with Crippen LogP contribution in [0.5, 0.6) is 0 Å². The van der Waals surface area contributed by atoms with Crippen LogP contribution >= 0.6 is 0 Å². The minimum atomic E-state index is 0.0239. The minimum Gasteiger partial charge on any atom is -0.354 e. The number of rotatable bonds is 6. The van der Waals surface area contributed by atoms with Gasteiger partial charge in [-0.3, -0.25) is 9.69 Å².